The highest BCUT2D eigenvalue weighted by atomic mass is 19.2. The molecule has 0 radical (unpaired) electrons. The monoisotopic (exact) mass is 214 g/mol. The van der Waals surface area contributed by atoms with E-state index in [4.69, 9.17) is 4.74 Å². The van der Waals surface area contributed by atoms with Gasteiger partial charge in [0.25, 0.3) is 0 Å². The number of methoxy groups -OCH3 is 1. The lowest BCUT2D eigenvalue weighted by molar-refractivity contribution is -0.134. The van der Waals surface area contributed by atoms with E-state index in [-0.39, 0.29) is 5.75 Å². The Morgan fingerprint density at radius 2 is 2.13 bits per heavy atom. The molecule has 1 aromatic rings. The maximum atomic E-state index is 13.0. The van der Waals surface area contributed by atoms with Gasteiger partial charge < -0.3 is 9.47 Å². The van der Waals surface area contributed by atoms with Crippen LogP contribution in [0.5, 0.6) is 5.75 Å². The van der Waals surface area contributed by atoms with Crippen LogP contribution in [0.25, 0.3) is 0 Å². The summed E-state index contributed by atoms with van der Waals surface area (Å²) in [5.41, 5.74) is 0. The second-order valence-electron chi connectivity index (χ2n) is 2.50. The predicted octanol–water partition coefficient (Wildman–Crippen LogP) is 2.03. The fourth-order valence-corrected chi connectivity index (χ4v) is 0.806. The molecule has 15 heavy (non-hydrogen) atoms. The van der Waals surface area contributed by atoms with Crippen LogP contribution in [-0.2, 0) is 9.53 Å². The summed E-state index contributed by atoms with van der Waals surface area (Å²) in [7, 11) is 1.19. The average molecular weight is 214 g/mol. The number of ether oxygens (including phenoxy) is 2. The molecule has 0 aliphatic rings. The Kier molecular flexibility index (Phi) is 3.79. The summed E-state index contributed by atoms with van der Waals surface area (Å²) in [5.74, 6) is -3.06. The van der Waals surface area contributed by atoms with Crippen molar-refractivity contribution in [2.45, 2.75) is 0 Å². The number of esters is 1. The van der Waals surface area contributed by atoms with Crippen molar-refractivity contribution in [1.29, 1.82) is 0 Å². The van der Waals surface area contributed by atoms with Crippen LogP contribution in [0, 0.1) is 11.6 Å². The Hall–Kier alpha value is -1.91. The molecular formula is C10H8F2O3. The lowest BCUT2D eigenvalue weighted by Crippen LogP contribution is -1.96. The maximum absolute atomic E-state index is 13.0. The Morgan fingerprint density at radius 1 is 1.40 bits per heavy atom. The molecular weight excluding hydrogens is 206 g/mol. The Balaban J connectivity index is 2.70. The molecule has 0 bridgehead atoms. The molecule has 0 atom stereocenters. The number of halogens is 2. The summed E-state index contributed by atoms with van der Waals surface area (Å²) in [6.45, 7) is 0. The molecule has 0 amide bonds. The first-order chi connectivity index (χ1) is 7.15. The summed E-state index contributed by atoms with van der Waals surface area (Å²) >= 11 is 0. The van der Waals surface area contributed by atoms with Crippen molar-refractivity contribution in [3.8, 4) is 5.75 Å². The van der Waals surface area contributed by atoms with E-state index in [0.29, 0.717) is 0 Å². The molecule has 3 nitrogen and oxygen atoms in total. The zero-order valence-electron chi connectivity index (χ0n) is 7.87. The zero-order chi connectivity index (χ0) is 11.3. The van der Waals surface area contributed by atoms with Crippen LogP contribution in [-0.4, -0.2) is 13.1 Å². The van der Waals surface area contributed by atoms with Crippen molar-refractivity contribution >= 4 is 5.97 Å². The first kappa shape index (κ1) is 11.2. The predicted molar refractivity (Wildman–Crippen MR) is 48.1 cm³/mol. The molecule has 1 aromatic carbocycles. The minimum atomic E-state index is -1.10. The summed E-state index contributed by atoms with van der Waals surface area (Å²) in [4.78, 5) is 10.6. The molecule has 0 aromatic heterocycles. The highest BCUT2D eigenvalue weighted by Crippen LogP contribution is 2.19. The zero-order valence-corrected chi connectivity index (χ0v) is 7.87. The van der Waals surface area contributed by atoms with E-state index in [1.54, 1.807) is 0 Å². The summed E-state index contributed by atoms with van der Waals surface area (Å²) in [6.07, 6.45) is 1.87. The van der Waals surface area contributed by atoms with E-state index in [2.05, 4.69) is 4.74 Å². The van der Waals surface area contributed by atoms with Gasteiger partial charge in [-0.1, -0.05) is 6.07 Å². The smallest absolute Gasteiger partial charge is 0.333 e. The lowest BCUT2D eigenvalue weighted by Gasteiger charge is -2.01. The summed E-state index contributed by atoms with van der Waals surface area (Å²) < 4.78 is 34.6. The first-order valence-corrected chi connectivity index (χ1v) is 4.00. The van der Waals surface area contributed by atoms with Gasteiger partial charge in [0.2, 0.25) is 5.82 Å². The van der Waals surface area contributed by atoms with Gasteiger partial charge in [0.1, 0.15) is 0 Å². The van der Waals surface area contributed by atoms with Gasteiger partial charge in [-0.3, -0.25) is 0 Å². The normalized spacial score (nSPS) is 10.3. The number of carbonyl (C=O) groups excluding carboxylic acids is 1. The third-order valence-corrected chi connectivity index (χ3v) is 1.52. The van der Waals surface area contributed by atoms with Crippen molar-refractivity contribution in [1.82, 2.24) is 0 Å². The van der Waals surface area contributed by atoms with Crippen LogP contribution in [0.15, 0.2) is 30.5 Å². The van der Waals surface area contributed by atoms with Crippen molar-refractivity contribution in [3.63, 3.8) is 0 Å². The molecule has 0 heterocycles. The third-order valence-electron chi connectivity index (χ3n) is 1.52. The second kappa shape index (κ2) is 5.09. The fourth-order valence-electron chi connectivity index (χ4n) is 0.806. The van der Waals surface area contributed by atoms with Gasteiger partial charge in [0.05, 0.1) is 19.4 Å². The number of hydrogen-bond acceptors (Lipinski definition) is 3. The largest absolute Gasteiger partial charge is 0.466 e. The Bertz CT molecular complexity index is 388. The van der Waals surface area contributed by atoms with Crippen LogP contribution in [0.1, 0.15) is 0 Å². The van der Waals surface area contributed by atoms with Crippen LogP contribution < -0.4 is 4.74 Å². The number of carbonyl (C=O) groups is 1. The molecule has 0 saturated carbocycles. The maximum Gasteiger partial charge on any atom is 0.333 e. The van der Waals surface area contributed by atoms with Gasteiger partial charge in [-0.05, 0) is 12.1 Å². The average Bonchev–Trinajstić information content (AvgIpc) is 2.24. The van der Waals surface area contributed by atoms with E-state index in [1.165, 1.54) is 19.2 Å². The van der Waals surface area contributed by atoms with E-state index in [9.17, 15) is 13.6 Å². The molecule has 0 aliphatic carbocycles. The highest BCUT2D eigenvalue weighted by molar-refractivity contribution is 5.81. The Labute approximate surface area is 84.9 Å². The first-order valence-electron chi connectivity index (χ1n) is 4.00. The third kappa shape index (κ3) is 3.05. The van der Waals surface area contributed by atoms with Crippen molar-refractivity contribution in [2.75, 3.05) is 7.11 Å². The standard InChI is InChI=1S/C10H8F2O3/c1-14-9(13)5-6-15-8-4-2-3-7(11)10(8)12/h2-6H,1H3/b6-5+. The van der Waals surface area contributed by atoms with E-state index in [0.717, 1.165) is 18.4 Å². The quantitative estimate of drug-likeness (QED) is 0.438. The highest BCUT2D eigenvalue weighted by Gasteiger charge is 2.07. The number of benzene rings is 1. The SMILES string of the molecule is COC(=O)/C=C/Oc1cccc(F)c1F. The molecule has 0 saturated heterocycles. The van der Waals surface area contributed by atoms with E-state index < -0.39 is 17.6 Å². The minimum Gasteiger partial charge on any atom is -0.466 e. The van der Waals surface area contributed by atoms with Gasteiger partial charge in [-0.25, -0.2) is 9.18 Å². The molecule has 5 heteroatoms. The summed E-state index contributed by atoms with van der Waals surface area (Å²) in [6, 6.07) is 3.49. The van der Waals surface area contributed by atoms with Crippen molar-refractivity contribution < 1.29 is 23.0 Å². The van der Waals surface area contributed by atoms with Gasteiger partial charge in [-0.15, -0.1) is 0 Å². The van der Waals surface area contributed by atoms with Gasteiger partial charge in [-0.2, -0.15) is 4.39 Å². The minimum absolute atomic E-state index is 0.296. The molecule has 0 unspecified atom stereocenters. The number of hydrogen-bond donors (Lipinski definition) is 0. The van der Waals surface area contributed by atoms with Crippen LogP contribution in [0.4, 0.5) is 8.78 Å². The molecule has 0 aliphatic heterocycles. The van der Waals surface area contributed by atoms with E-state index >= 15 is 0 Å². The van der Waals surface area contributed by atoms with Gasteiger partial charge >= 0.3 is 5.97 Å². The molecule has 0 N–H and O–H groups in total. The fraction of sp³-hybridized carbons (Fsp3) is 0.100. The molecule has 0 fully saturated rings. The van der Waals surface area contributed by atoms with Crippen LogP contribution in [0.3, 0.4) is 0 Å². The topological polar surface area (TPSA) is 35.5 Å². The lowest BCUT2D eigenvalue weighted by atomic mass is 10.3. The summed E-state index contributed by atoms with van der Waals surface area (Å²) in [5, 5.41) is 0. The van der Waals surface area contributed by atoms with E-state index in [1.807, 2.05) is 0 Å². The number of rotatable bonds is 3. The molecule has 0 spiro atoms. The Morgan fingerprint density at radius 3 is 2.80 bits per heavy atom. The van der Waals surface area contributed by atoms with Gasteiger partial charge in [0.15, 0.2) is 11.6 Å². The second-order valence-corrected chi connectivity index (χ2v) is 2.50. The van der Waals surface area contributed by atoms with Crippen molar-refractivity contribution in [3.05, 3.63) is 42.2 Å². The van der Waals surface area contributed by atoms with Crippen LogP contribution in [0.2, 0.25) is 0 Å². The molecule has 80 valence electrons. The molecule has 1 rings (SSSR count). The van der Waals surface area contributed by atoms with Crippen molar-refractivity contribution in [2.24, 2.45) is 0 Å². The van der Waals surface area contributed by atoms with Crippen LogP contribution >= 0.6 is 0 Å². The van der Waals surface area contributed by atoms with Gasteiger partial charge in [0, 0.05) is 0 Å².